The quantitative estimate of drug-likeness (QED) is 0.240. The predicted molar refractivity (Wildman–Crippen MR) is 158 cm³/mol. The zero-order valence-corrected chi connectivity index (χ0v) is 23.3. The van der Waals surface area contributed by atoms with Gasteiger partial charge >= 0.3 is 0 Å². The lowest BCUT2D eigenvalue weighted by atomic mass is 10.0. The fourth-order valence-electron chi connectivity index (χ4n) is 4.15. The number of rotatable bonds is 8. The number of aliphatic imine (C=N–C) groups is 1. The van der Waals surface area contributed by atoms with Crippen LogP contribution in [0.15, 0.2) is 82.4 Å². The molecule has 9 heteroatoms. The molecule has 2 aliphatic heterocycles. The van der Waals surface area contributed by atoms with Gasteiger partial charge in [0.1, 0.15) is 29.8 Å². The predicted octanol–water partition coefficient (Wildman–Crippen LogP) is 6.90. The molecule has 0 saturated carbocycles. The van der Waals surface area contributed by atoms with Gasteiger partial charge < -0.3 is 9.47 Å². The number of fused-ring (bicyclic) bond motifs is 1. The van der Waals surface area contributed by atoms with Crippen molar-refractivity contribution in [2.75, 3.05) is 13.2 Å². The number of amidine groups is 2. The lowest BCUT2D eigenvalue weighted by Crippen LogP contribution is -2.35. The number of nitrogens with zero attached hydrogens (tertiary/aromatic N) is 3. The van der Waals surface area contributed by atoms with Crippen LogP contribution in [0.2, 0.25) is 5.02 Å². The van der Waals surface area contributed by atoms with Crippen LogP contribution in [-0.4, -0.2) is 40.2 Å². The third kappa shape index (κ3) is 5.92. The molecule has 0 radical (unpaired) electrons. The van der Waals surface area contributed by atoms with Crippen molar-refractivity contribution < 1.29 is 14.3 Å². The highest BCUT2D eigenvalue weighted by Gasteiger charge is 2.36. The highest BCUT2D eigenvalue weighted by molar-refractivity contribution is 8.27. The molecule has 1 amide bonds. The molecule has 0 aromatic heterocycles. The normalized spacial score (nSPS) is 15.9. The molecule has 2 aliphatic rings. The van der Waals surface area contributed by atoms with E-state index in [1.807, 2.05) is 55.5 Å². The highest BCUT2D eigenvalue weighted by atomic mass is 35.5. The number of carbonyl (C=O) groups excluding carboxylic acids is 1. The second kappa shape index (κ2) is 11.5. The largest absolute Gasteiger partial charge is 0.490 e. The van der Waals surface area contributed by atoms with E-state index in [1.165, 1.54) is 22.3 Å². The van der Waals surface area contributed by atoms with Crippen LogP contribution in [0.5, 0.6) is 11.5 Å². The Morgan fingerprint density at radius 2 is 1.85 bits per heavy atom. The lowest BCUT2D eigenvalue weighted by molar-refractivity contribution is -0.114. The third-order valence-corrected chi connectivity index (χ3v) is 7.40. The van der Waals surface area contributed by atoms with E-state index in [9.17, 15) is 4.79 Å². The molecule has 198 valence electrons. The van der Waals surface area contributed by atoms with Crippen molar-refractivity contribution in [2.24, 2.45) is 10.1 Å². The molecule has 5 rings (SSSR count). The molecule has 2 heterocycles. The number of thioether (sulfide) groups is 1. The molecule has 0 bridgehead atoms. The Bertz CT molecular complexity index is 1550. The van der Waals surface area contributed by atoms with Crippen molar-refractivity contribution in [1.82, 2.24) is 5.01 Å². The molecule has 1 N–H and O–H groups in total. The van der Waals surface area contributed by atoms with Gasteiger partial charge in [-0.25, -0.2) is 0 Å². The number of aryl methyl sites for hydroxylation is 1. The van der Waals surface area contributed by atoms with E-state index in [-0.39, 0.29) is 11.4 Å². The van der Waals surface area contributed by atoms with Gasteiger partial charge in [0.2, 0.25) is 5.17 Å². The summed E-state index contributed by atoms with van der Waals surface area (Å²) in [6.45, 7) is 7.09. The Kier molecular flexibility index (Phi) is 7.86. The van der Waals surface area contributed by atoms with Crippen molar-refractivity contribution in [3.63, 3.8) is 0 Å². The first-order valence-electron chi connectivity index (χ1n) is 12.5. The lowest BCUT2D eigenvalue weighted by Gasteiger charge is -2.20. The van der Waals surface area contributed by atoms with Gasteiger partial charge in [-0.3, -0.25) is 10.2 Å². The first-order valence-corrected chi connectivity index (χ1v) is 13.7. The van der Waals surface area contributed by atoms with Crippen LogP contribution in [0.3, 0.4) is 0 Å². The second-order valence-corrected chi connectivity index (χ2v) is 10.7. The van der Waals surface area contributed by atoms with Crippen LogP contribution < -0.4 is 9.47 Å². The number of hydrogen-bond donors (Lipinski definition) is 1. The smallest absolute Gasteiger partial charge is 0.283 e. The van der Waals surface area contributed by atoms with Gasteiger partial charge in [-0.2, -0.15) is 15.1 Å². The van der Waals surface area contributed by atoms with Gasteiger partial charge in [0.15, 0.2) is 5.84 Å². The monoisotopic (exact) mass is 558 g/mol. The van der Waals surface area contributed by atoms with Crippen molar-refractivity contribution >= 4 is 51.4 Å². The van der Waals surface area contributed by atoms with Crippen molar-refractivity contribution in [2.45, 2.75) is 26.7 Å². The Morgan fingerprint density at radius 1 is 1.05 bits per heavy atom. The van der Waals surface area contributed by atoms with Crippen molar-refractivity contribution in [1.29, 1.82) is 5.41 Å². The molecule has 0 spiro atoms. The summed E-state index contributed by atoms with van der Waals surface area (Å²) >= 11 is 7.53. The van der Waals surface area contributed by atoms with E-state index in [2.05, 4.69) is 36.1 Å². The summed E-state index contributed by atoms with van der Waals surface area (Å²) in [5.41, 5.74) is 3.89. The Balaban J connectivity index is 1.26. The average molecular weight is 559 g/mol. The molecule has 0 aliphatic carbocycles. The molecule has 3 aromatic rings. The van der Waals surface area contributed by atoms with Gasteiger partial charge in [0.25, 0.3) is 5.91 Å². The minimum atomic E-state index is -0.492. The maximum Gasteiger partial charge on any atom is 0.283 e. The van der Waals surface area contributed by atoms with Crippen LogP contribution in [-0.2, 0) is 4.79 Å². The van der Waals surface area contributed by atoms with Gasteiger partial charge in [0.05, 0.1) is 10.6 Å². The number of nitrogens with one attached hydrogen (secondary N) is 1. The van der Waals surface area contributed by atoms with Crippen LogP contribution in [0.4, 0.5) is 0 Å². The SMILES string of the molecule is Cc1ccc(C(C)C)c(OCCOc2cccc(/C=C3\C(=N)N4N=C(c5ccccc5Cl)SC4=NC3=O)c2)c1. The molecule has 0 unspecified atom stereocenters. The van der Waals surface area contributed by atoms with Crippen LogP contribution in [0, 0.1) is 12.3 Å². The summed E-state index contributed by atoms with van der Waals surface area (Å²) in [7, 11) is 0. The summed E-state index contributed by atoms with van der Waals surface area (Å²) in [4.78, 5) is 17.0. The van der Waals surface area contributed by atoms with Gasteiger partial charge in [-0.05, 0) is 71.6 Å². The number of halogens is 1. The minimum Gasteiger partial charge on any atom is -0.490 e. The molecule has 0 atom stereocenters. The summed E-state index contributed by atoms with van der Waals surface area (Å²) < 4.78 is 11.9. The van der Waals surface area contributed by atoms with Gasteiger partial charge in [-0.1, -0.05) is 67.9 Å². The molecule has 39 heavy (non-hydrogen) atoms. The number of amides is 1. The molecule has 3 aromatic carbocycles. The molecule has 7 nitrogen and oxygen atoms in total. The third-order valence-electron chi connectivity index (χ3n) is 6.13. The minimum absolute atomic E-state index is 0.0432. The van der Waals surface area contributed by atoms with Crippen LogP contribution >= 0.6 is 23.4 Å². The fourth-order valence-corrected chi connectivity index (χ4v) is 5.36. The van der Waals surface area contributed by atoms with E-state index >= 15 is 0 Å². The van der Waals surface area contributed by atoms with Crippen molar-refractivity contribution in [3.05, 3.63) is 99.6 Å². The Morgan fingerprint density at radius 3 is 2.64 bits per heavy atom. The Labute approximate surface area is 236 Å². The van der Waals surface area contributed by atoms with E-state index in [0.717, 1.165) is 16.9 Å². The maximum absolute atomic E-state index is 12.8. The number of hydrazone groups is 1. The van der Waals surface area contributed by atoms with E-state index < -0.39 is 5.91 Å². The maximum atomic E-state index is 12.8. The molecular formula is C30H27ClN4O3S. The van der Waals surface area contributed by atoms with E-state index in [1.54, 1.807) is 12.1 Å². The van der Waals surface area contributed by atoms with E-state index in [4.69, 9.17) is 26.5 Å². The first kappa shape index (κ1) is 26.7. The Hall–Kier alpha value is -3.88. The number of benzene rings is 3. The summed E-state index contributed by atoms with van der Waals surface area (Å²) in [5, 5.41) is 16.0. The second-order valence-electron chi connectivity index (χ2n) is 9.37. The standard InChI is InChI=1S/C30H27ClN4O3S/c1-18(2)22-12-11-19(3)15-26(22)38-14-13-37-21-8-6-7-20(16-21)17-24-27(32)35-30(33-28(24)36)39-29(34-35)23-9-4-5-10-25(23)31/h4-12,15-18,32H,13-14H2,1-3H3/b24-17+,32-27?. The summed E-state index contributed by atoms with van der Waals surface area (Å²) in [6.07, 6.45) is 1.63. The first-order chi connectivity index (χ1) is 18.8. The zero-order chi connectivity index (χ0) is 27.5. The fraction of sp³-hybridized carbons (Fsp3) is 0.200. The topological polar surface area (TPSA) is 87.3 Å². The number of hydrogen-bond acceptors (Lipinski definition) is 6. The van der Waals surface area contributed by atoms with Gasteiger partial charge in [-0.15, -0.1) is 0 Å². The average Bonchev–Trinajstić information content (AvgIpc) is 3.33. The molecular weight excluding hydrogens is 532 g/mol. The van der Waals surface area contributed by atoms with Gasteiger partial charge in [0, 0.05) is 5.56 Å². The van der Waals surface area contributed by atoms with Crippen LogP contribution in [0.25, 0.3) is 6.08 Å². The summed E-state index contributed by atoms with van der Waals surface area (Å²) in [6, 6.07) is 20.9. The summed E-state index contributed by atoms with van der Waals surface area (Å²) in [5.74, 6) is 1.34. The van der Waals surface area contributed by atoms with Crippen molar-refractivity contribution in [3.8, 4) is 11.5 Å². The molecule has 0 fully saturated rings. The molecule has 0 saturated heterocycles. The zero-order valence-electron chi connectivity index (χ0n) is 21.8. The number of ether oxygens (including phenoxy) is 2. The van der Waals surface area contributed by atoms with Crippen LogP contribution in [0.1, 0.15) is 42.0 Å². The highest BCUT2D eigenvalue weighted by Crippen LogP contribution is 2.33. The van der Waals surface area contributed by atoms with E-state index in [0.29, 0.717) is 45.7 Å². The number of carbonyl (C=O) groups is 1.